The van der Waals surface area contributed by atoms with E-state index < -0.39 is 45.7 Å². The van der Waals surface area contributed by atoms with Crippen molar-refractivity contribution in [3.63, 3.8) is 0 Å². The minimum Gasteiger partial charge on any atom is -0.371 e. The second kappa shape index (κ2) is 19.2. The molecule has 17 nitrogen and oxygen atoms in total. The lowest BCUT2D eigenvalue weighted by Crippen LogP contribution is -2.50. The standard InChI is InChI=1S/C20H22O6S.C17H18N2O5.C4H4N2O2/c1-14-7-9-17(10-8-14)27(21,22)26-16-11-18-19(23-12-16)13-24-20(25-18)15-5-3-2-4-6-15;20-15-6-7-19(17(21)18-15)12-8-13-14(22-9-12)10-23-16(24-13)11-4-2-1-3-5-11;7-3-1-2-5-4(8)6-3/h2-10,16,18-20H,11-13H2,1H3;1-7,12-14,16H,8-10H2,(H,18,20,21);1-2H,(H2,5,6,7,8)/t16-,18-,19+,20?;12-,13+,14-,16?;/m01./s1. The Hall–Kier alpha value is -5.31. The van der Waals surface area contributed by atoms with Crippen LogP contribution in [0.15, 0.2) is 134 Å². The van der Waals surface area contributed by atoms with E-state index in [1.54, 1.807) is 24.3 Å². The van der Waals surface area contributed by atoms with Crippen LogP contribution in [-0.4, -0.2) is 84.9 Å². The molecule has 0 saturated carbocycles. The number of hydrogen-bond acceptors (Lipinski definition) is 13. The molecular weight excluding hydrogens is 789 g/mol. The number of aromatic nitrogens is 4. The van der Waals surface area contributed by atoms with Crippen molar-refractivity contribution in [3.05, 3.63) is 168 Å². The van der Waals surface area contributed by atoms with Crippen LogP contribution in [0.2, 0.25) is 0 Å². The van der Waals surface area contributed by atoms with Crippen LogP contribution in [0, 0.1) is 6.92 Å². The van der Waals surface area contributed by atoms with Gasteiger partial charge in [0.05, 0.1) is 49.6 Å². The third-order valence-corrected chi connectivity index (χ3v) is 11.3. The Morgan fingerprint density at radius 3 is 1.76 bits per heavy atom. The average Bonchev–Trinajstić information content (AvgIpc) is 3.24. The van der Waals surface area contributed by atoms with Crippen LogP contribution in [0.5, 0.6) is 0 Å². The van der Waals surface area contributed by atoms with E-state index in [1.165, 1.54) is 29.1 Å². The smallest absolute Gasteiger partial charge is 0.328 e. The summed E-state index contributed by atoms with van der Waals surface area (Å²) in [5.41, 5.74) is 1.18. The first-order valence-electron chi connectivity index (χ1n) is 19.0. The summed E-state index contributed by atoms with van der Waals surface area (Å²) in [4.78, 5) is 50.3. The average molecular weight is 833 g/mol. The van der Waals surface area contributed by atoms with E-state index in [2.05, 4.69) is 9.97 Å². The summed E-state index contributed by atoms with van der Waals surface area (Å²) in [6.07, 6.45) is 1.55. The quantitative estimate of drug-likeness (QED) is 0.210. The lowest BCUT2D eigenvalue weighted by Gasteiger charge is -2.42. The number of hydrogen-bond donors (Lipinski definition) is 3. The number of rotatable bonds is 6. The Balaban J connectivity index is 0.000000152. The summed E-state index contributed by atoms with van der Waals surface area (Å²) >= 11 is 0. The first-order valence-corrected chi connectivity index (χ1v) is 20.4. The molecular formula is C41H44N4O13S. The number of H-pyrrole nitrogens is 3. The minimum atomic E-state index is -3.85. The van der Waals surface area contributed by atoms with Crippen LogP contribution < -0.4 is 22.5 Å². The highest BCUT2D eigenvalue weighted by Crippen LogP contribution is 2.35. The van der Waals surface area contributed by atoms with Crippen molar-refractivity contribution in [3.8, 4) is 0 Å². The predicted molar refractivity (Wildman–Crippen MR) is 210 cm³/mol. The number of nitrogens with one attached hydrogen (secondary N) is 3. The number of aromatic amines is 3. The van der Waals surface area contributed by atoms with Gasteiger partial charge in [-0.15, -0.1) is 0 Å². The Labute approximate surface area is 337 Å². The van der Waals surface area contributed by atoms with Gasteiger partial charge >= 0.3 is 11.4 Å². The van der Waals surface area contributed by atoms with Crippen molar-refractivity contribution in [1.29, 1.82) is 0 Å². The van der Waals surface area contributed by atoms with Gasteiger partial charge in [-0.25, -0.2) is 9.59 Å². The summed E-state index contributed by atoms with van der Waals surface area (Å²) in [6.45, 7) is 3.34. The lowest BCUT2D eigenvalue weighted by molar-refractivity contribution is -0.286. The van der Waals surface area contributed by atoms with Gasteiger partial charge in [-0.05, 0) is 25.5 Å². The van der Waals surface area contributed by atoms with E-state index >= 15 is 0 Å². The third kappa shape index (κ3) is 11.0. The van der Waals surface area contributed by atoms with Gasteiger partial charge in [0.15, 0.2) is 12.6 Å². The Kier molecular flexibility index (Phi) is 13.6. The molecule has 0 bridgehead atoms. The van der Waals surface area contributed by atoms with E-state index in [-0.39, 0.29) is 47.5 Å². The molecule has 4 aliphatic rings. The molecule has 9 rings (SSSR count). The molecule has 312 valence electrons. The fourth-order valence-electron chi connectivity index (χ4n) is 6.87. The molecule has 8 atom stereocenters. The molecule has 4 aliphatic heterocycles. The maximum absolute atomic E-state index is 12.5. The highest BCUT2D eigenvalue weighted by molar-refractivity contribution is 7.86. The first kappa shape index (κ1) is 41.8. The van der Waals surface area contributed by atoms with Crippen LogP contribution in [0.1, 0.15) is 48.2 Å². The summed E-state index contributed by atoms with van der Waals surface area (Å²) in [5.74, 6) is 0. The lowest BCUT2D eigenvalue weighted by atomic mass is 10.0. The highest BCUT2D eigenvalue weighted by atomic mass is 32.2. The van der Waals surface area contributed by atoms with Gasteiger partial charge in [-0.1, -0.05) is 78.4 Å². The van der Waals surface area contributed by atoms with Crippen LogP contribution in [0.25, 0.3) is 0 Å². The topological polar surface area (TPSA) is 219 Å². The molecule has 5 aromatic rings. The SMILES string of the molecule is Cc1ccc(S(=O)(=O)O[C@@H]2CO[C@@H]3COC(c4ccccc4)O[C@H]3C2)cc1.O=c1cc[nH]c(=O)[nH]1.O=c1ccn([C@H]2CO[C@@H]3COC(c4ccccc4)O[C@H]3C2)c(=O)[nH]1. The van der Waals surface area contributed by atoms with Crippen molar-refractivity contribution in [2.75, 3.05) is 26.4 Å². The molecule has 18 heteroatoms. The van der Waals surface area contributed by atoms with Gasteiger partial charge < -0.3 is 33.4 Å². The second-order valence-corrected chi connectivity index (χ2v) is 15.7. The number of nitrogens with zero attached hydrogens (tertiary/aromatic N) is 1. The Morgan fingerprint density at radius 2 is 1.20 bits per heavy atom. The molecule has 0 aliphatic carbocycles. The maximum Gasteiger partial charge on any atom is 0.328 e. The zero-order chi connectivity index (χ0) is 41.4. The summed E-state index contributed by atoms with van der Waals surface area (Å²) < 4.78 is 67.1. The van der Waals surface area contributed by atoms with Crippen molar-refractivity contribution in [1.82, 2.24) is 19.5 Å². The fourth-order valence-corrected chi connectivity index (χ4v) is 7.95. The largest absolute Gasteiger partial charge is 0.371 e. The third-order valence-electron chi connectivity index (χ3n) is 9.89. The first-order chi connectivity index (χ1) is 28.5. The van der Waals surface area contributed by atoms with Crippen molar-refractivity contribution < 1.29 is 41.0 Å². The predicted octanol–water partition coefficient (Wildman–Crippen LogP) is 3.02. The van der Waals surface area contributed by atoms with Gasteiger partial charge in [-0.3, -0.25) is 28.3 Å². The van der Waals surface area contributed by atoms with E-state index in [1.807, 2.05) is 72.6 Å². The van der Waals surface area contributed by atoms with E-state index in [4.69, 9.17) is 32.6 Å². The maximum atomic E-state index is 12.5. The monoisotopic (exact) mass is 832 g/mol. The van der Waals surface area contributed by atoms with Crippen LogP contribution in [0.3, 0.4) is 0 Å². The normalized spacial score (nSPS) is 26.4. The van der Waals surface area contributed by atoms with Gasteiger partial charge in [0.1, 0.15) is 18.3 Å². The molecule has 0 radical (unpaired) electrons. The molecule has 59 heavy (non-hydrogen) atoms. The van der Waals surface area contributed by atoms with Crippen LogP contribution >= 0.6 is 0 Å². The van der Waals surface area contributed by atoms with Gasteiger partial charge in [0, 0.05) is 42.1 Å². The summed E-state index contributed by atoms with van der Waals surface area (Å²) in [5, 5.41) is 0. The van der Waals surface area contributed by atoms with Crippen molar-refractivity contribution in [2.45, 2.75) is 73.8 Å². The molecule has 4 fully saturated rings. The van der Waals surface area contributed by atoms with Gasteiger partial charge in [0.25, 0.3) is 21.2 Å². The number of ether oxygens (including phenoxy) is 6. The molecule has 2 aromatic heterocycles. The Morgan fingerprint density at radius 1 is 0.627 bits per heavy atom. The fraction of sp³-hybridized carbons (Fsp3) is 0.366. The molecule has 3 N–H and O–H groups in total. The van der Waals surface area contributed by atoms with Gasteiger partial charge in [0.2, 0.25) is 0 Å². The Bertz CT molecular complexity index is 2450. The zero-order valence-electron chi connectivity index (χ0n) is 31.9. The van der Waals surface area contributed by atoms with Crippen LogP contribution in [-0.2, 0) is 42.7 Å². The summed E-state index contributed by atoms with van der Waals surface area (Å²) in [7, 11) is -3.85. The molecule has 4 saturated heterocycles. The second-order valence-electron chi connectivity index (χ2n) is 14.2. The van der Waals surface area contributed by atoms with E-state index in [0.29, 0.717) is 32.7 Å². The molecule has 0 amide bonds. The van der Waals surface area contributed by atoms with Gasteiger partial charge in [-0.2, -0.15) is 8.42 Å². The zero-order valence-corrected chi connectivity index (χ0v) is 32.7. The highest BCUT2D eigenvalue weighted by Gasteiger charge is 2.41. The van der Waals surface area contributed by atoms with Crippen molar-refractivity contribution >= 4 is 10.1 Å². The number of benzene rings is 3. The van der Waals surface area contributed by atoms with Crippen LogP contribution in [0.4, 0.5) is 0 Å². The van der Waals surface area contributed by atoms with E-state index in [0.717, 1.165) is 16.7 Å². The number of fused-ring (bicyclic) bond motifs is 2. The molecule has 0 spiro atoms. The number of aryl methyl sites for hydroxylation is 1. The van der Waals surface area contributed by atoms with E-state index in [9.17, 15) is 27.6 Å². The summed E-state index contributed by atoms with van der Waals surface area (Å²) in [6, 6.07) is 28.4. The molecule has 3 aromatic carbocycles. The minimum absolute atomic E-state index is 0.139. The van der Waals surface area contributed by atoms with Crippen molar-refractivity contribution in [2.24, 2.45) is 0 Å². The molecule has 6 heterocycles. The molecule has 2 unspecified atom stereocenters.